The van der Waals surface area contributed by atoms with Gasteiger partial charge in [0.1, 0.15) is 17.5 Å². The van der Waals surface area contributed by atoms with E-state index < -0.39 is 0 Å². The standard InChI is InChI=1S/C28H33N5/c1-18-11-9-12-19(2)22(18)33-16-15-29-24(33)21-14-10-13-20(17-21)23-30-25(27(3,4)5)32-26(31-23)28(6,7)8/h9-17H,1-8H3. The molecule has 4 rings (SSSR count). The highest BCUT2D eigenvalue weighted by Gasteiger charge is 2.25. The molecule has 0 bridgehead atoms. The van der Waals surface area contributed by atoms with E-state index in [1.807, 2.05) is 18.5 Å². The van der Waals surface area contributed by atoms with Gasteiger partial charge in [0.05, 0.1) is 5.69 Å². The first kappa shape index (κ1) is 22.8. The number of hydrogen-bond donors (Lipinski definition) is 0. The van der Waals surface area contributed by atoms with Crippen LogP contribution in [-0.4, -0.2) is 24.5 Å². The quantitative estimate of drug-likeness (QED) is 0.361. The van der Waals surface area contributed by atoms with E-state index in [2.05, 4.69) is 96.4 Å². The summed E-state index contributed by atoms with van der Waals surface area (Å²) in [4.78, 5) is 19.3. The minimum atomic E-state index is -0.173. The Morgan fingerprint density at radius 3 is 1.82 bits per heavy atom. The largest absolute Gasteiger partial charge is 0.299 e. The number of nitrogens with zero attached hydrogens (tertiary/aromatic N) is 5. The van der Waals surface area contributed by atoms with E-state index >= 15 is 0 Å². The third kappa shape index (κ3) is 4.58. The first-order valence-electron chi connectivity index (χ1n) is 11.4. The highest BCUT2D eigenvalue weighted by atomic mass is 15.1. The molecule has 0 radical (unpaired) electrons. The average molecular weight is 440 g/mol. The molecule has 5 nitrogen and oxygen atoms in total. The van der Waals surface area contributed by atoms with Crippen molar-refractivity contribution in [2.45, 2.75) is 66.2 Å². The molecule has 0 amide bonds. The van der Waals surface area contributed by atoms with Gasteiger partial charge in [-0.05, 0) is 31.0 Å². The lowest BCUT2D eigenvalue weighted by atomic mass is 9.93. The second-order valence-corrected chi connectivity index (χ2v) is 10.7. The molecule has 33 heavy (non-hydrogen) atoms. The van der Waals surface area contributed by atoms with Gasteiger partial charge in [0.2, 0.25) is 0 Å². The predicted octanol–water partition coefficient (Wildman–Crippen LogP) is 6.60. The molecule has 0 unspecified atom stereocenters. The molecule has 0 aliphatic carbocycles. The van der Waals surface area contributed by atoms with Gasteiger partial charge in [0.15, 0.2) is 5.82 Å². The topological polar surface area (TPSA) is 56.5 Å². The predicted molar refractivity (Wildman–Crippen MR) is 135 cm³/mol. The second-order valence-electron chi connectivity index (χ2n) is 10.7. The van der Waals surface area contributed by atoms with E-state index in [9.17, 15) is 0 Å². The Balaban J connectivity index is 1.86. The second kappa shape index (κ2) is 8.22. The molecule has 0 atom stereocenters. The van der Waals surface area contributed by atoms with E-state index in [0.717, 1.165) is 28.6 Å². The van der Waals surface area contributed by atoms with Crippen LogP contribution < -0.4 is 0 Å². The van der Waals surface area contributed by atoms with Gasteiger partial charge in [0.25, 0.3) is 0 Å². The zero-order valence-corrected chi connectivity index (χ0v) is 20.9. The summed E-state index contributed by atoms with van der Waals surface area (Å²) >= 11 is 0. The Morgan fingerprint density at radius 1 is 0.697 bits per heavy atom. The van der Waals surface area contributed by atoms with Crippen LogP contribution in [0.15, 0.2) is 54.9 Å². The summed E-state index contributed by atoms with van der Waals surface area (Å²) in [5.74, 6) is 3.21. The fourth-order valence-electron chi connectivity index (χ4n) is 3.86. The van der Waals surface area contributed by atoms with Crippen LogP contribution >= 0.6 is 0 Å². The van der Waals surface area contributed by atoms with Gasteiger partial charge in [-0.1, -0.05) is 77.9 Å². The minimum Gasteiger partial charge on any atom is -0.299 e. The maximum absolute atomic E-state index is 4.87. The van der Waals surface area contributed by atoms with Gasteiger partial charge < -0.3 is 0 Å². The maximum Gasteiger partial charge on any atom is 0.163 e. The summed E-state index contributed by atoms with van der Waals surface area (Å²) in [6, 6.07) is 14.7. The van der Waals surface area contributed by atoms with Crippen molar-refractivity contribution in [2.75, 3.05) is 0 Å². The summed E-state index contributed by atoms with van der Waals surface area (Å²) < 4.78 is 2.17. The monoisotopic (exact) mass is 439 g/mol. The third-order valence-electron chi connectivity index (χ3n) is 5.68. The SMILES string of the molecule is Cc1cccc(C)c1-n1ccnc1-c1cccc(-c2nc(C(C)(C)C)nc(C(C)(C)C)n2)c1. The molecule has 2 heterocycles. The number of hydrogen-bond acceptors (Lipinski definition) is 4. The summed E-state index contributed by atoms with van der Waals surface area (Å²) in [5.41, 5.74) is 5.24. The smallest absolute Gasteiger partial charge is 0.163 e. The van der Waals surface area contributed by atoms with Crippen molar-refractivity contribution in [3.63, 3.8) is 0 Å². The van der Waals surface area contributed by atoms with Crippen LogP contribution in [0.4, 0.5) is 0 Å². The van der Waals surface area contributed by atoms with Crippen LogP contribution in [0.25, 0.3) is 28.5 Å². The van der Waals surface area contributed by atoms with Crippen molar-refractivity contribution >= 4 is 0 Å². The van der Waals surface area contributed by atoms with E-state index in [-0.39, 0.29) is 10.8 Å². The normalized spacial score (nSPS) is 12.2. The van der Waals surface area contributed by atoms with Gasteiger partial charge in [0, 0.05) is 34.4 Å². The highest BCUT2D eigenvalue weighted by molar-refractivity contribution is 5.68. The number of benzene rings is 2. The fraction of sp³-hybridized carbons (Fsp3) is 0.357. The number of para-hydroxylation sites is 1. The number of rotatable bonds is 3. The Kier molecular flexibility index (Phi) is 5.69. The molecule has 0 N–H and O–H groups in total. The summed E-state index contributed by atoms with van der Waals surface area (Å²) in [6.45, 7) is 17.1. The zero-order chi connectivity index (χ0) is 24.0. The number of imidazole rings is 1. The van der Waals surface area contributed by atoms with Gasteiger partial charge in [-0.3, -0.25) is 4.57 Å². The first-order chi connectivity index (χ1) is 15.4. The molecule has 0 saturated carbocycles. The lowest BCUT2D eigenvalue weighted by Crippen LogP contribution is -2.24. The maximum atomic E-state index is 4.87. The molecule has 170 valence electrons. The summed E-state index contributed by atoms with van der Waals surface area (Å²) in [7, 11) is 0. The fourth-order valence-corrected chi connectivity index (χ4v) is 3.86. The van der Waals surface area contributed by atoms with Crippen LogP contribution in [-0.2, 0) is 10.8 Å². The van der Waals surface area contributed by atoms with Crippen LogP contribution in [0.5, 0.6) is 0 Å². The Hall–Kier alpha value is -3.34. The molecule has 5 heteroatoms. The zero-order valence-electron chi connectivity index (χ0n) is 20.9. The number of aromatic nitrogens is 5. The van der Waals surface area contributed by atoms with Gasteiger partial charge in [-0.15, -0.1) is 0 Å². The van der Waals surface area contributed by atoms with Crippen LogP contribution in [0, 0.1) is 13.8 Å². The lowest BCUT2D eigenvalue weighted by Gasteiger charge is -2.22. The third-order valence-corrected chi connectivity index (χ3v) is 5.68. The molecule has 0 saturated heterocycles. The van der Waals surface area contributed by atoms with Crippen molar-refractivity contribution in [1.29, 1.82) is 0 Å². The minimum absolute atomic E-state index is 0.173. The van der Waals surface area contributed by atoms with Crippen LogP contribution in [0.2, 0.25) is 0 Å². The van der Waals surface area contributed by atoms with Crippen molar-refractivity contribution in [2.24, 2.45) is 0 Å². The molecular weight excluding hydrogens is 406 g/mol. The van der Waals surface area contributed by atoms with Crippen molar-refractivity contribution < 1.29 is 0 Å². The number of aryl methyl sites for hydroxylation is 2. The van der Waals surface area contributed by atoms with Crippen molar-refractivity contribution in [3.05, 3.63) is 77.6 Å². The molecular formula is C28H33N5. The Labute approximate surface area is 197 Å². The molecule has 4 aromatic rings. The molecule has 0 aliphatic heterocycles. The molecule has 2 aromatic heterocycles. The average Bonchev–Trinajstić information content (AvgIpc) is 3.21. The molecule has 2 aromatic carbocycles. The summed E-state index contributed by atoms with van der Waals surface area (Å²) in [6.07, 6.45) is 3.88. The highest BCUT2D eigenvalue weighted by Crippen LogP contribution is 2.30. The van der Waals surface area contributed by atoms with Crippen LogP contribution in [0.3, 0.4) is 0 Å². The Bertz CT molecular complexity index is 1250. The van der Waals surface area contributed by atoms with E-state index in [4.69, 9.17) is 19.9 Å². The first-order valence-corrected chi connectivity index (χ1v) is 11.4. The van der Waals surface area contributed by atoms with Gasteiger partial charge in [-0.2, -0.15) is 0 Å². The van der Waals surface area contributed by atoms with Crippen molar-refractivity contribution in [3.8, 4) is 28.5 Å². The van der Waals surface area contributed by atoms with Gasteiger partial charge >= 0.3 is 0 Å². The van der Waals surface area contributed by atoms with E-state index in [1.165, 1.54) is 16.8 Å². The van der Waals surface area contributed by atoms with Gasteiger partial charge in [-0.25, -0.2) is 19.9 Å². The molecule has 0 fully saturated rings. The van der Waals surface area contributed by atoms with E-state index in [0.29, 0.717) is 5.82 Å². The molecule has 0 aliphatic rings. The van der Waals surface area contributed by atoms with Crippen LogP contribution in [0.1, 0.15) is 64.3 Å². The lowest BCUT2D eigenvalue weighted by molar-refractivity contribution is 0.497. The summed E-state index contributed by atoms with van der Waals surface area (Å²) in [5, 5.41) is 0. The van der Waals surface area contributed by atoms with Crippen molar-refractivity contribution in [1.82, 2.24) is 24.5 Å². The molecule has 0 spiro atoms. The van der Waals surface area contributed by atoms with E-state index in [1.54, 1.807) is 0 Å². The Morgan fingerprint density at radius 2 is 1.24 bits per heavy atom.